The van der Waals surface area contributed by atoms with Crippen LogP contribution in [0.5, 0.6) is 17.2 Å². The minimum atomic E-state index is -3.58. The average Bonchev–Trinajstić information content (AvgIpc) is 2.98. The van der Waals surface area contributed by atoms with E-state index in [1.165, 1.54) is 30.7 Å². The molecule has 0 aliphatic heterocycles. The van der Waals surface area contributed by atoms with E-state index >= 15 is 0 Å². The summed E-state index contributed by atoms with van der Waals surface area (Å²) in [4.78, 5) is 26.9. The summed E-state index contributed by atoms with van der Waals surface area (Å²) >= 11 is 1.98. The Balaban J connectivity index is 1.80. The molecule has 1 heterocycles. The van der Waals surface area contributed by atoms with Crippen LogP contribution < -0.4 is 30.4 Å². The van der Waals surface area contributed by atoms with Crippen LogP contribution in [0.3, 0.4) is 0 Å². The molecule has 0 unspecified atom stereocenters. The van der Waals surface area contributed by atoms with Gasteiger partial charge in [-0.3, -0.25) is 18.9 Å². The van der Waals surface area contributed by atoms with Gasteiger partial charge >= 0.3 is 0 Å². The Hall–Kier alpha value is -4.11. The van der Waals surface area contributed by atoms with Crippen molar-refractivity contribution in [3.05, 3.63) is 103 Å². The predicted octanol–water partition coefficient (Wildman–Crippen LogP) is 5.67. The second kappa shape index (κ2) is 13.5. The number of methoxy groups -OCH3 is 1. The molecule has 0 atom stereocenters. The number of rotatable bonds is 11. The van der Waals surface area contributed by atoms with Gasteiger partial charge in [0.2, 0.25) is 10.0 Å². The number of benzene rings is 3. The fourth-order valence-electron chi connectivity index (χ4n) is 4.05. The number of aromatic nitrogens is 1. The van der Waals surface area contributed by atoms with Gasteiger partial charge in [-0.2, -0.15) is 0 Å². The minimum Gasteiger partial charge on any atom is -0.497 e. The molecule has 0 saturated carbocycles. The third-order valence-corrected chi connectivity index (χ3v) is 8.54. The van der Waals surface area contributed by atoms with Crippen LogP contribution in [0.4, 0.5) is 21.6 Å². The van der Waals surface area contributed by atoms with Crippen molar-refractivity contribution in [2.75, 3.05) is 22.9 Å². The summed E-state index contributed by atoms with van der Waals surface area (Å²) in [6, 6.07) is 17.5. The number of hydrogen-bond donors (Lipinski definition) is 3. The molecule has 0 saturated heterocycles. The van der Waals surface area contributed by atoms with Crippen LogP contribution in [-0.2, 0) is 23.6 Å². The number of ether oxygens (including phenoxy) is 2. The molecule has 0 bridgehead atoms. The Kier molecular flexibility index (Phi) is 9.96. The smallest absolute Gasteiger partial charge is 0.259 e. The first kappa shape index (κ1) is 31.8. The molecule has 10 nitrogen and oxygen atoms in total. The Morgan fingerprint density at radius 1 is 1.02 bits per heavy atom. The van der Waals surface area contributed by atoms with E-state index in [2.05, 4.69) is 15.4 Å². The zero-order valence-corrected chi connectivity index (χ0v) is 26.8. The first-order valence-electron chi connectivity index (χ1n) is 13.1. The molecule has 13 heteroatoms. The Morgan fingerprint density at radius 3 is 2.40 bits per heavy atom. The molecule has 0 fully saturated rings. The molecule has 0 radical (unpaired) electrons. The summed E-state index contributed by atoms with van der Waals surface area (Å²) in [5, 5.41) is 5.74. The molecule has 3 aromatic carbocycles. The highest BCUT2D eigenvalue weighted by Crippen LogP contribution is 2.35. The van der Waals surface area contributed by atoms with Crippen molar-refractivity contribution >= 4 is 55.7 Å². The van der Waals surface area contributed by atoms with Crippen molar-refractivity contribution in [1.82, 2.24) is 9.88 Å². The standard InChI is InChI=1S/C30H30FIN4O6S/c1-5-43(39,40)35-23-7-6-8-25(18(23)2)42-26-16-27(37)36(3)29(34-24-14-11-20(32)15-22(24)31)28(26)30(38)33-17-19-9-12-21(41-4)13-10-19/h6-16,34-35H,5,17H2,1-4H3,(H,33,38). The van der Waals surface area contributed by atoms with Crippen molar-refractivity contribution < 1.29 is 27.1 Å². The number of nitrogens with zero attached hydrogens (tertiary/aromatic N) is 1. The van der Waals surface area contributed by atoms with E-state index in [0.717, 1.165) is 11.6 Å². The van der Waals surface area contributed by atoms with Crippen molar-refractivity contribution in [3.63, 3.8) is 0 Å². The van der Waals surface area contributed by atoms with Crippen LogP contribution in [0.25, 0.3) is 0 Å². The lowest BCUT2D eigenvalue weighted by atomic mass is 10.1. The van der Waals surface area contributed by atoms with Gasteiger partial charge in [0.1, 0.15) is 34.4 Å². The van der Waals surface area contributed by atoms with Crippen LogP contribution in [0.15, 0.2) is 71.5 Å². The van der Waals surface area contributed by atoms with Crippen molar-refractivity contribution in [1.29, 1.82) is 0 Å². The lowest BCUT2D eigenvalue weighted by molar-refractivity contribution is 0.0948. The van der Waals surface area contributed by atoms with E-state index in [1.54, 1.807) is 62.6 Å². The second-order valence-corrected chi connectivity index (χ2v) is 12.7. The largest absolute Gasteiger partial charge is 0.497 e. The lowest BCUT2D eigenvalue weighted by Crippen LogP contribution is -2.29. The fraction of sp³-hybridized carbons (Fsp3) is 0.200. The second-order valence-electron chi connectivity index (χ2n) is 9.45. The van der Waals surface area contributed by atoms with Crippen molar-refractivity contribution in [2.45, 2.75) is 20.4 Å². The quantitative estimate of drug-likeness (QED) is 0.171. The number of pyridine rings is 1. The molecule has 4 rings (SSSR count). The molecule has 3 N–H and O–H groups in total. The molecule has 226 valence electrons. The average molecular weight is 721 g/mol. The number of sulfonamides is 1. The Labute approximate surface area is 262 Å². The van der Waals surface area contributed by atoms with E-state index in [9.17, 15) is 22.4 Å². The van der Waals surface area contributed by atoms with E-state index in [0.29, 0.717) is 14.9 Å². The van der Waals surface area contributed by atoms with Gasteiger partial charge in [0.05, 0.1) is 24.2 Å². The maximum Gasteiger partial charge on any atom is 0.259 e. The van der Waals surface area contributed by atoms with Gasteiger partial charge in [-0.05, 0) is 84.5 Å². The van der Waals surface area contributed by atoms with Gasteiger partial charge in [0.25, 0.3) is 11.5 Å². The van der Waals surface area contributed by atoms with Crippen LogP contribution in [-0.4, -0.2) is 31.8 Å². The Bertz CT molecular complexity index is 1830. The number of amides is 1. The van der Waals surface area contributed by atoms with Gasteiger partial charge in [-0.15, -0.1) is 0 Å². The molecular weight excluding hydrogens is 690 g/mol. The highest BCUT2D eigenvalue weighted by molar-refractivity contribution is 14.1. The summed E-state index contributed by atoms with van der Waals surface area (Å²) in [6.45, 7) is 3.29. The molecule has 1 aromatic heterocycles. The summed E-state index contributed by atoms with van der Waals surface area (Å²) in [6.07, 6.45) is 0. The topological polar surface area (TPSA) is 128 Å². The zero-order valence-electron chi connectivity index (χ0n) is 23.8. The van der Waals surface area contributed by atoms with Crippen molar-refractivity contribution in [2.24, 2.45) is 7.05 Å². The van der Waals surface area contributed by atoms with Gasteiger partial charge < -0.3 is 20.1 Å². The Morgan fingerprint density at radius 2 is 1.74 bits per heavy atom. The number of hydrogen-bond acceptors (Lipinski definition) is 7. The monoisotopic (exact) mass is 720 g/mol. The first-order chi connectivity index (χ1) is 20.4. The van der Waals surface area contributed by atoms with E-state index in [4.69, 9.17) is 9.47 Å². The van der Waals surface area contributed by atoms with Crippen LogP contribution in [0.1, 0.15) is 28.4 Å². The SMILES string of the molecule is CCS(=O)(=O)Nc1cccc(Oc2cc(=O)n(C)c(Nc3ccc(I)cc3F)c2C(=O)NCc2ccc(OC)cc2)c1C. The molecular formula is C30H30FIN4O6S. The molecule has 1 amide bonds. The van der Waals surface area contributed by atoms with Crippen LogP contribution in [0.2, 0.25) is 0 Å². The van der Waals surface area contributed by atoms with Crippen LogP contribution in [0, 0.1) is 16.3 Å². The molecule has 0 aliphatic carbocycles. The number of anilines is 3. The minimum absolute atomic E-state index is 0.00432. The number of nitrogens with one attached hydrogen (secondary N) is 3. The van der Waals surface area contributed by atoms with E-state index < -0.39 is 27.3 Å². The summed E-state index contributed by atoms with van der Waals surface area (Å²) < 4.78 is 55.0. The van der Waals surface area contributed by atoms with Gasteiger partial charge in [-0.1, -0.05) is 18.2 Å². The van der Waals surface area contributed by atoms with Gasteiger partial charge in [0, 0.05) is 28.8 Å². The predicted molar refractivity (Wildman–Crippen MR) is 173 cm³/mol. The van der Waals surface area contributed by atoms with Crippen LogP contribution >= 0.6 is 22.6 Å². The summed E-state index contributed by atoms with van der Waals surface area (Å²) in [5.74, 6) is -0.557. The third-order valence-electron chi connectivity index (χ3n) is 6.58. The third kappa shape index (κ3) is 7.65. The lowest BCUT2D eigenvalue weighted by Gasteiger charge is -2.20. The fourth-order valence-corrected chi connectivity index (χ4v) is 5.20. The summed E-state index contributed by atoms with van der Waals surface area (Å²) in [5.41, 5.74) is 0.953. The molecule has 43 heavy (non-hydrogen) atoms. The van der Waals surface area contributed by atoms with Gasteiger partial charge in [-0.25, -0.2) is 12.8 Å². The maximum atomic E-state index is 14.9. The highest BCUT2D eigenvalue weighted by atomic mass is 127. The molecule has 0 spiro atoms. The van der Waals surface area contributed by atoms with Gasteiger partial charge in [0.15, 0.2) is 0 Å². The highest BCUT2D eigenvalue weighted by Gasteiger charge is 2.24. The molecule has 4 aromatic rings. The maximum absolute atomic E-state index is 14.9. The first-order valence-corrected chi connectivity index (χ1v) is 15.8. The van der Waals surface area contributed by atoms with Crippen molar-refractivity contribution in [3.8, 4) is 17.2 Å². The zero-order chi connectivity index (χ0) is 31.3. The number of carbonyl (C=O) groups is 1. The molecule has 0 aliphatic rings. The van der Waals surface area contributed by atoms with E-state index in [-0.39, 0.29) is 46.6 Å². The summed E-state index contributed by atoms with van der Waals surface area (Å²) in [7, 11) is -0.578. The van der Waals surface area contributed by atoms with E-state index in [1.807, 2.05) is 22.6 Å². The number of carbonyl (C=O) groups excluding carboxylic acids is 1. The normalized spacial score (nSPS) is 11.1. The number of halogens is 2.